The fourth-order valence-electron chi connectivity index (χ4n) is 5.30. The second-order valence-electron chi connectivity index (χ2n) is 11.6. The number of aliphatic hydroxyl groups excluding tert-OH is 2. The molecule has 7 atom stereocenters. The van der Waals surface area contributed by atoms with Gasteiger partial charge in [-0.3, -0.25) is 14.6 Å². The van der Waals surface area contributed by atoms with E-state index in [9.17, 15) is 19.8 Å². The van der Waals surface area contributed by atoms with Crippen LogP contribution in [0.15, 0.2) is 42.6 Å². The normalized spacial score (nSPS) is 35.8. The van der Waals surface area contributed by atoms with Crippen molar-refractivity contribution in [3.8, 4) is 0 Å². The average Bonchev–Trinajstić information content (AvgIpc) is 3.49. The molecule has 1 aromatic heterocycles. The number of carbonyl (C=O) groups excluding carboxylic acids is 2. The van der Waals surface area contributed by atoms with E-state index in [0.29, 0.717) is 12.8 Å². The summed E-state index contributed by atoms with van der Waals surface area (Å²) >= 11 is 0. The Kier molecular flexibility index (Phi) is 9.48. The van der Waals surface area contributed by atoms with Gasteiger partial charge in [0, 0.05) is 18.5 Å². The predicted molar refractivity (Wildman–Crippen MR) is 142 cm³/mol. The number of aromatic nitrogens is 1. The highest BCUT2D eigenvalue weighted by Crippen LogP contribution is 2.45. The third kappa shape index (κ3) is 7.15. The predicted octanol–water partition coefficient (Wildman–Crippen LogP) is 4.66. The monoisotopic (exact) mass is 513 g/mol. The number of allylic oxidation sites excluding steroid dienone is 1. The number of hydrogen-bond donors (Lipinski definition) is 2. The zero-order chi connectivity index (χ0) is 27.4. The first-order chi connectivity index (χ1) is 17.4. The zero-order valence-corrected chi connectivity index (χ0v) is 22.9. The fourth-order valence-corrected chi connectivity index (χ4v) is 5.30. The molecule has 2 unspecified atom stereocenters. The molecule has 0 bridgehead atoms. The minimum absolute atomic E-state index is 0.0676. The van der Waals surface area contributed by atoms with E-state index in [-0.39, 0.29) is 29.8 Å². The summed E-state index contributed by atoms with van der Waals surface area (Å²) in [7, 11) is 0. The van der Waals surface area contributed by atoms with Gasteiger partial charge in [-0.1, -0.05) is 39.3 Å². The summed E-state index contributed by atoms with van der Waals surface area (Å²) in [5, 5.41) is 22.1. The van der Waals surface area contributed by atoms with Crippen molar-refractivity contribution in [1.29, 1.82) is 0 Å². The van der Waals surface area contributed by atoms with Crippen molar-refractivity contribution in [2.24, 2.45) is 17.3 Å². The average molecular weight is 514 g/mol. The molecule has 0 amide bonds. The van der Waals surface area contributed by atoms with Crippen LogP contribution in [0.3, 0.4) is 0 Å². The van der Waals surface area contributed by atoms with Crippen molar-refractivity contribution >= 4 is 17.8 Å². The molecule has 2 saturated heterocycles. The highest BCUT2D eigenvalue weighted by Gasteiger charge is 2.53. The lowest BCUT2D eigenvalue weighted by atomic mass is 9.71. The van der Waals surface area contributed by atoms with Crippen LogP contribution in [0.5, 0.6) is 0 Å². The van der Waals surface area contributed by atoms with Crippen molar-refractivity contribution in [3.63, 3.8) is 0 Å². The quantitative estimate of drug-likeness (QED) is 0.342. The molecule has 2 aliphatic rings. The summed E-state index contributed by atoms with van der Waals surface area (Å²) in [6.45, 7) is 12.9. The summed E-state index contributed by atoms with van der Waals surface area (Å²) in [6.07, 6.45) is 5.32. The van der Waals surface area contributed by atoms with Crippen LogP contribution in [-0.2, 0) is 19.1 Å². The molecule has 2 fully saturated rings. The van der Waals surface area contributed by atoms with E-state index >= 15 is 0 Å². The minimum atomic E-state index is -1.27. The molecule has 1 aromatic rings. The molecular formula is C30H43NO6. The maximum Gasteiger partial charge on any atom is 0.309 e. The van der Waals surface area contributed by atoms with Gasteiger partial charge in [-0.15, -0.1) is 6.58 Å². The molecule has 0 aliphatic carbocycles. The van der Waals surface area contributed by atoms with Crippen LogP contribution >= 0.6 is 0 Å². The van der Waals surface area contributed by atoms with Crippen molar-refractivity contribution in [3.05, 3.63) is 48.3 Å². The number of epoxide rings is 1. The second-order valence-corrected chi connectivity index (χ2v) is 11.6. The molecule has 37 heavy (non-hydrogen) atoms. The van der Waals surface area contributed by atoms with Gasteiger partial charge in [0.15, 0.2) is 0 Å². The molecule has 0 saturated carbocycles. The van der Waals surface area contributed by atoms with Crippen LogP contribution in [-0.4, -0.2) is 57.0 Å². The Morgan fingerprint density at radius 3 is 2.62 bits per heavy atom. The molecule has 0 radical (unpaired) electrons. The summed E-state index contributed by atoms with van der Waals surface area (Å²) in [5.74, 6) is -1.69. The van der Waals surface area contributed by atoms with Crippen LogP contribution in [0.25, 0.3) is 6.08 Å². The standard InChI is InChI=1S/C30H43NO6/c1-7-11-22-27(34)19(2)12-10-14-30(6)25(37-30)17-23(20(3)16-21-13-8-9-15-31-21)36-26(33)18-24(32)29(4,5)28(22)35/h7-9,13,15-16,19,22-25,27,32,34H,1,10-12,14,17-18H2,2-6H3/t19-,22+,23-,24-,25?,27+,30?/m0/s1. The lowest BCUT2D eigenvalue weighted by Crippen LogP contribution is -2.46. The van der Waals surface area contributed by atoms with Gasteiger partial charge in [0.25, 0.3) is 0 Å². The minimum Gasteiger partial charge on any atom is -0.458 e. The first kappa shape index (κ1) is 29.2. The molecule has 7 nitrogen and oxygen atoms in total. The van der Waals surface area contributed by atoms with Crippen molar-refractivity contribution < 1.29 is 29.3 Å². The summed E-state index contributed by atoms with van der Waals surface area (Å²) in [5.41, 5.74) is 0.0147. The van der Waals surface area contributed by atoms with Crippen LogP contribution in [0.2, 0.25) is 0 Å². The number of ether oxygens (including phenoxy) is 2. The van der Waals surface area contributed by atoms with Gasteiger partial charge in [-0.05, 0) is 62.8 Å². The molecule has 0 spiro atoms. The molecular weight excluding hydrogens is 470 g/mol. The Morgan fingerprint density at radius 1 is 1.24 bits per heavy atom. The van der Waals surface area contributed by atoms with E-state index in [1.165, 1.54) is 0 Å². The maximum absolute atomic E-state index is 13.6. The van der Waals surface area contributed by atoms with E-state index in [1.807, 2.05) is 38.1 Å². The number of pyridine rings is 1. The summed E-state index contributed by atoms with van der Waals surface area (Å²) in [4.78, 5) is 30.9. The number of cyclic esters (lactones) is 1. The molecule has 2 N–H and O–H groups in total. The highest BCUT2D eigenvalue weighted by atomic mass is 16.6. The van der Waals surface area contributed by atoms with Crippen LogP contribution in [0.1, 0.15) is 78.8 Å². The lowest BCUT2D eigenvalue weighted by molar-refractivity contribution is -0.154. The number of esters is 1. The van der Waals surface area contributed by atoms with Gasteiger partial charge in [-0.2, -0.15) is 0 Å². The molecule has 204 valence electrons. The number of nitrogens with zero attached hydrogens (tertiary/aromatic N) is 1. The summed E-state index contributed by atoms with van der Waals surface area (Å²) < 4.78 is 12.0. The largest absolute Gasteiger partial charge is 0.458 e. The Morgan fingerprint density at radius 2 is 1.97 bits per heavy atom. The first-order valence-corrected chi connectivity index (χ1v) is 13.4. The maximum atomic E-state index is 13.6. The van der Waals surface area contributed by atoms with Crippen molar-refractivity contribution in [2.75, 3.05) is 0 Å². The first-order valence-electron chi connectivity index (χ1n) is 13.4. The van der Waals surface area contributed by atoms with Crippen molar-refractivity contribution in [2.45, 2.75) is 103 Å². The van der Waals surface area contributed by atoms with Gasteiger partial charge in [0.05, 0.1) is 41.4 Å². The lowest BCUT2D eigenvalue weighted by Gasteiger charge is -2.35. The zero-order valence-electron chi connectivity index (χ0n) is 22.9. The molecule has 7 heteroatoms. The van der Waals surface area contributed by atoms with E-state index in [4.69, 9.17) is 9.47 Å². The van der Waals surface area contributed by atoms with Crippen molar-refractivity contribution in [1.82, 2.24) is 4.98 Å². The fraction of sp³-hybridized carbons (Fsp3) is 0.633. The van der Waals surface area contributed by atoms with E-state index in [1.54, 1.807) is 26.1 Å². The molecule has 2 aliphatic heterocycles. The number of ketones is 1. The van der Waals surface area contributed by atoms with Gasteiger partial charge in [-0.25, -0.2) is 0 Å². The van der Waals surface area contributed by atoms with E-state index in [0.717, 1.165) is 30.5 Å². The summed E-state index contributed by atoms with van der Waals surface area (Å²) in [6, 6.07) is 5.61. The molecule has 3 rings (SSSR count). The Bertz CT molecular complexity index is 989. The van der Waals surface area contributed by atoms with E-state index in [2.05, 4.69) is 18.5 Å². The number of carbonyl (C=O) groups is 2. The highest BCUT2D eigenvalue weighted by molar-refractivity contribution is 5.88. The van der Waals surface area contributed by atoms with Gasteiger partial charge < -0.3 is 19.7 Å². The van der Waals surface area contributed by atoms with Gasteiger partial charge in [0.2, 0.25) is 0 Å². The third-order valence-corrected chi connectivity index (χ3v) is 8.22. The second kappa shape index (κ2) is 12.0. The van der Waals surface area contributed by atoms with Gasteiger partial charge in [0.1, 0.15) is 11.9 Å². The number of fused-ring (bicyclic) bond motifs is 1. The number of Topliss-reactive ketones (excluding diaryl/α,β-unsaturated/α-hetero) is 1. The Hall–Kier alpha value is -2.35. The van der Waals surface area contributed by atoms with Crippen LogP contribution in [0.4, 0.5) is 0 Å². The van der Waals surface area contributed by atoms with E-state index < -0.39 is 35.6 Å². The SMILES string of the molecule is C=CC[C@H]1C(=O)C(C)(C)[C@@H](O)CC(=O)O[C@H](C(C)=Cc2ccccn2)CC2OC2(C)CCC[C@H](C)[C@H]1O. The Balaban J connectivity index is 1.89. The number of hydrogen-bond acceptors (Lipinski definition) is 7. The number of aliphatic hydroxyl groups is 2. The van der Waals surface area contributed by atoms with Crippen LogP contribution < -0.4 is 0 Å². The smallest absolute Gasteiger partial charge is 0.309 e. The Labute approximate surface area is 221 Å². The van der Waals surface area contributed by atoms with Gasteiger partial charge >= 0.3 is 5.97 Å². The molecule has 3 heterocycles. The number of rotatable bonds is 4. The van der Waals surface area contributed by atoms with Crippen LogP contribution in [0, 0.1) is 17.3 Å². The molecule has 0 aromatic carbocycles. The third-order valence-electron chi connectivity index (χ3n) is 8.22. The topological polar surface area (TPSA) is 109 Å².